The van der Waals surface area contributed by atoms with Crippen molar-refractivity contribution < 1.29 is 60.8 Å². The molecule has 41 heavy (non-hydrogen) atoms. The molecule has 0 aromatic heterocycles. The summed E-state index contributed by atoms with van der Waals surface area (Å²) in [5.41, 5.74) is 6.88. The Bertz CT molecular complexity index is 1040. The van der Waals surface area contributed by atoms with Crippen LogP contribution in [-0.4, -0.2) is 88.1 Å². The van der Waals surface area contributed by atoms with Gasteiger partial charge in [-0.15, -0.1) is 0 Å². The number of hydrogen-bond donors (Lipinski definition) is 6. The largest absolute Gasteiger partial charge is 0.490 e. The smallest absolute Gasteiger partial charge is 0.475 e. The van der Waals surface area contributed by atoms with E-state index in [0.29, 0.717) is 31.2 Å². The molecule has 1 saturated heterocycles. The molecule has 1 aliphatic heterocycles. The van der Waals surface area contributed by atoms with Crippen LogP contribution in [0.15, 0.2) is 18.2 Å². The molecule has 2 atom stereocenters. The van der Waals surface area contributed by atoms with E-state index < -0.39 is 47.8 Å². The zero-order valence-corrected chi connectivity index (χ0v) is 22.8. The van der Waals surface area contributed by atoms with Crippen LogP contribution in [0.2, 0.25) is 5.02 Å². The molecule has 2 rings (SSSR count). The lowest BCUT2D eigenvalue weighted by Crippen LogP contribution is -2.62. The molecule has 7 N–H and O–H groups in total. The summed E-state index contributed by atoms with van der Waals surface area (Å²) in [6, 6.07) is 4.69. The highest BCUT2D eigenvalue weighted by molar-refractivity contribution is 6.30. The lowest BCUT2D eigenvalue weighted by molar-refractivity contribution is -0.193. The average molecular weight is 625 g/mol. The fourth-order valence-electron chi connectivity index (χ4n) is 2.99. The highest BCUT2D eigenvalue weighted by Gasteiger charge is 2.40. The number of amides is 2. The number of nitrogens with zero attached hydrogens (tertiary/aromatic N) is 1. The molecule has 11 nitrogen and oxygen atoms in total. The van der Waals surface area contributed by atoms with E-state index in [4.69, 9.17) is 37.1 Å². The van der Waals surface area contributed by atoms with E-state index in [1.54, 1.807) is 32.9 Å². The van der Waals surface area contributed by atoms with Crippen LogP contribution in [0.4, 0.5) is 26.3 Å². The number of nitrogens with one attached hydrogen (secondary N) is 2. The number of nitrogens with two attached hydrogens (primary N) is 1. The minimum absolute atomic E-state index is 0.270. The summed E-state index contributed by atoms with van der Waals surface area (Å²) in [6.07, 6.45) is -11.3. The van der Waals surface area contributed by atoms with E-state index in [1.807, 2.05) is 6.07 Å². The van der Waals surface area contributed by atoms with Crippen LogP contribution in [0, 0.1) is 5.41 Å². The zero-order valence-electron chi connectivity index (χ0n) is 22.1. The Hall–Kier alpha value is -3.15. The quantitative estimate of drug-likeness (QED) is 0.267. The van der Waals surface area contributed by atoms with Gasteiger partial charge in [-0.25, -0.2) is 9.59 Å². The third-order valence-electron chi connectivity index (χ3n) is 5.21. The highest BCUT2D eigenvalue weighted by atomic mass is 35.5. The molecular formula is C23H31ClF6N4O7. The number of hydrogen-bond acceptors (Lipinski definition) is 7. The van der Waals surface area contributed by atoms with Crippen LogP contribution >= 0.6 is 11.6 Å². The number of carbonyl (C=O) groups excluding carboxylic acids is 2. The van der Waals surface area contributed by atoms with Crippen LogP contribution < -0.4 is 16.4 Å². The fourth-order valence-corrected chi connectivity index (χ4v) is 3.18. The molecule has 18 heteroatoms. The summed E-state index contributed by atoms with van der Waals surface area (Å²) >= 11 is 6.04. The number of aliphatic carboxylic acids is 2. The molecule has 0 unspecified atom stereocenters. The van der Waals surface area contributed by atoms with Gasteiger partial charge in [0, 0.05) is 37.7 Å². The van der Waals surface area contributed by atoms with Gasteiger partial charge in [-0.1, -0.05) is 38.4 Å². The van der Waals surface area contributed by atoms with Crippen molar-refractivity contribution in [3.05, 3.63) is 34.3 Å². The summed E-state index contributed by atoms with van der Waals surface area (Å²) in [5.74, 6) is -6.21. The molecule has 1 aromatic carbocycles. The van der Waals surface area contributed by atoms with E-state index in [1.165, 1.54) is 4.90 Å². The SMILES string of the molecule is CC(C)(C)[C@@H](O)C(=O)N1CCNC[C@H]1C(=O)NCc1cc(Cl)ccc1CN.O=C(O)C(F)(F)F.O=C(O)C(F)(F)F. The van der Waals surface area contributed by atoms with Crippen molar-refractivity contribution in [2.75, 3.05) is 19.6 Å². The van der Waals surface area contributed by atoms with Gasteiger partial charge in [-0.05, 0) is 28.7 Å². The molecule has 1 aromatic rings. The second-order valence-electron chi connectivity index (χ2n) is 9.46. The van der Waals surface area contributed by atoms with E-state index in [-0.39, 0.29) is 12.5 Å². The Kier molecular flexibility index (Phi) is 14.5. The minimum Gasteiger partial charge on any atom is -0.475 e. The summed E-state index contributed by atoms with van der Waals surface area (Å²) in [4.78, 5) is 44.7. The number of carboxylic acids is 2. The van der Waals surface area contributed by atoms with Gasteiger partial charge in [0.2, 0.25) is 5.91 Å². The van der Waals surface area contributed by atoms with Gasteiger partial charge in [-0.3, -0.25) is 9.59 Å². The number of carboxylic acid groups (broad SMARTS) is 2. The summed E-state index contributed by atoms with van der Waals surface area (Å²) < 4.78 is 63.5. The average Bonchev–Trinajstić information content (AvgIpc) is 2.85. The lowest BCUT2D eigenvalue weighted by atomic mass is 9.88. The molecule has 0 spiro atoms. The standard InChI is InChI=1S/C19H29ClN4O3.2C2HF3O2/c1-19(2,3)16(25)18(27)24-7-6-22-11-15(24)17(26)23-10-13-8-14(20)5-4-12(13)9-21;2*3-2(4,5)1(6)7/h4-5,8,15-16,22,25H,6-7,9-11,21H2,1-3H3,(H,23,26);2*(H,6,7)/t15-,16-;;/m0../s1. The number of rotatable bonds is 5. The van der Waals surface area contributed by atoms with Crippen LogP contribution in [0.3, 0.4) is 0 Å². The number of aliphatic hydroxyl groups is 1. The first-order chi connectivity index (χ1) is 18.5. The van der Waals surface area contributed by atoms with Crippen molar-refractivity contribution in [3.8, 4) is 0 Å². The van der Waals surface area contributed by atoms with Crippen molar-refractivity contribution >= 4 is 35.4 Å². The van der Waals surface area contributed by atoms with Gasteiger partial charge in [0.1, 0.15) is 12.1 Å². The van der Waals surface area contributed by atoms with Crippen molar-refractivity contribution in [1.82, 2.24) is 15.5 Å². The minimum atomic E-state index is -5.08. The topological polar surface area (TPSA) is 182 Å². The second kappa shape index (κ2) is 15.7. The number of alkyl halides is 6. The van der Waals surface area contributed by atoms with Gasteiger partial charge >= 0.3 is 24.3 Å². The Balaban J connectivity index is 0.000000941. The number of aliphatic hydroxyl groups excluding tert-OH is 1. The Morgan fingerprint density at radius 1 is 1.05 bits per heavy atom. The van der Waals surface area contributed by atoms with Crippen molar-refractivity contribution in [1.29, 1.82) is 0 Å². The third kappa shape index (κ3) is 13.4. The van der Waals surface area contributed by atoms with Gasteiger partial charge in [0.05, 0.1) is 0 Å². The van der Waals surface area contributed by atoms with Gasteiger partial charge in [0.15, 0.2) is 0 Å². The van der Waals surface area contributed by atoms with E-state index in [0.717, 1.165) is 11.1 Å². The number of carbonyl (C=O) groups is 4. The van der Waals surface area contributed by atoms with Crippen molar-refractivity contribution in [3.63, 3.8) is 0 Å². The molecule has 1 fully saturated rings. The van der Waals surface area contributed by atoms with Crippen LogP contribution in [0.5, 0.6) is 0 Å². The molecule has 0 bridgehead atoms. The highest BCUT2D eigenvalue weighted by Crippen LogP contribution is 2.22. The summed E-state index contributed by atoms with van der Waals surface area (Å²) in [5, 5.41) is 31.2. The fraction of sp³-hybridized carbons (Fsp3) is 0.565. The summed E-state index contributed by atoms with van der Waals surface area (Å²) in [6.45, 7) is 7.28. The van der Waals surface area contributed by atoms with Crippen molar-refractivity contribution in [2.45, 2.75) is 58.4 Å². The van der Waals surface area contributed by atoms with Gasteiger partial charge < -0.3 is 36.6 Å². The van der Waals surface area contributed by atoms with Gasteiger partial charge in [-0.2, -0.15) is 26.3 Å². The first-order valence-corrected chi connectivity index (χ1v) is 12.0. The molecule has 1 heterocycles. The molecular weight excluding hydrogens is 594 g/mol. The maximum absolute atomic E-state index is 12.8. The van der Waals surface area contributed by atoms with Crippen LogP contribution in [0.1, 0.15) is 31.9 Å². The Morgan fingerprint density at radius 3 is 1.95 bits per heavy atom. The van der Waals surface area contributed by atoms with Crippen LogP contribution in [-0.2, 0) is 32.3 Å². The number of benzene rings is 1. The molecule has 0 radical (unpaired) electrons. The van der Waals surface area contributed by atoms with Gasteiger partial charge in [0.25, 0.3) is 5.91 Å². The van der Waals surface area contributed by atoms with Crippen molar-refractivity contribution in [2.24, 2.45) is 11.1 Å². The van der Waals surface area contributed by atoms with E-state index in [9.17, 15) is 41.0 Å². The third-order valence-corrected chi connectivity index (χ3v) is 5.44. The maximum Gasteiger partial charge on any atom is 0.490 e. The van der Waals surface area contributed by atoms with E-state index >= 15 is 0 Å². The zero-order chi connectivity index (χ0) is 32.3. The molecule has 0 aliphatic carbocycles. The number of halogens is 7. The molecule has 2 amide bonds. The van der Waals surface area contributed by atoms with E-state index in [2.05, 4.69) is 10.6 Å². The normalized spacial score (nSPS) is 16.3. The molecule has 1 aliphatic rings. The number of piperazine rings is 1. The predicted octanol–water partition coefficient (Wildman–Crippen LogP) is 1.89. The Labute approximate surface area is 235 Å². The predicted molar refractivity (Wildman–Crippen MR) is 132 cm³/mol. The lowest BCUT2D eigenvalue weighted by Gasteiger charge is -2.38. The molecule has 234 valence electrons. The first kappa shape index (κ1) is 37.9. The second-order valence-corrected chi connectivity index (χ2v) is 9.90. The molecule has 0 saturated carbocycles. The Morgan fingerprint density at radius 2 is 1.54 bits per heavy atom. The van der Waals surface area contributed by atoms with Crippen LogP contribution in [0.25, 0.3) is 0 Å². The maximum atomic E-state index is 12.8. The monoisotopic (exact) mass is 624 g/mol. The summed E-state index contributed by atoms with van der Waals surface area (Å²) in [7, 11) is 0. The first-order valence-electron chi connectivity index (χ1n) is 11.6.